The van der Waals surface area contributed by atoms with E-state index in [1.807, 2.05) is 12.1 Å². The molecule has 0 saturated carbocycles. The van der Waals surface area contributed by atoms with E-state index < -0.39 is 0 Å². The van der Waals surface area contributed by atoms with Crippen molar-refractivity contribution in [2.45, 2.75) is 136 Å². The fourth-order valence-electron chi connectivity index (χ4n) is 5.22. The highest BCUT2D eigenvalue weighted by atomic mass is 16.5. The molecule has 0 bridgehead atoms. The van der Waals surface area contributed by atoms with Gasteiger partial charge in [0.15, 0.2) is 0 Å². The van der Waals surface area contributed by atoms with Gasteiger partial charge in [0.2, 0.25) is 0 Å². The summed E-state index contributed by atoms with van der Waals surface area (Å²) in [5.41, 5.74) is 3.74. The highest BCUT2D eigenvalue weighted by molar-refractivity contribution is 5.89. The van der Waals surface area contributed by atoms with Crippen LogP contribution in [0.4, 0.5) is 5.69 Å². The van der Waals surface area contributed by atoms with Crippen molar-refractivity contribution in [2.24, 2.45) is 0 Å². The summed E-state index contributed by atoms with van der Waals surface area (Å²) in [4.78, 5) is 14.3. The van der Waals surface area contributed by atoms with Crippen LogP contribution in [0.5, 0.6) is 5.75 Å². The van der Waals surface area contributed by atoms with Crippen LogP contribution in [0.1, 0.15) is 136 Å². The maximum atomic E-state index is 11.9. The van der Waals surface area contributed by atoms with Gasteiger partial charge in [-0.1, -0.05) is 130 Å². The zero-order valence-corrected chi connectivity index (χ0v) is 23.9. The van der Waals surface area contributed by atoms with Gasteiger partial charge in [-0.05, 0) is 37.1 Å². The number of allylic oxidation sites excluding steroid dienone is 1. The molecule has 0 saturated heterocycles. The molecule has 0 radical (unpaired) electrons. The van der Waals surface area contributed by atoms with Gasteiger partial charge in [-0.25, -0.2) is 4.79 Å². The zero-order valence-electron chi connectivity index (χ0n) is 23.9. The quantitative estimate of drug-likeness (QED) is 0.0827. The minimum absolute atomic E-state index is 0.171. The van der Waals surface area contributed by atoms with Crippen molar-refractivity contribution in [3.8, 4) is 5.75 Å². The molecule has 3 nitrogen and oxygen atoms in total. The number of carbonyl (C=O) groups excluding carboxylic acids is 1. The summed E-state index contributed by atoms with van der Waals surface area (Å²) in [5, 5.41) is 0. The summed E-state index contributed by atoms with van der Waals surface area (Å²) in [7, 11) is 0. The van der Waals surface area contributed by atoms with Gasteiger partial charge in [-0.2, -0.15) is 0 Å². The number of unbranched alkanes of at least 4 members (excludes halogenated alkanes) is 15. The predicted octanol–water partition coefficient (Wildman–Crippen LogP) is 10.0. The van der Waals surface area contributed by atoms with E-state index in [9.17, 15) is 4.79 Å². The van der Waals surface area contributed by atoms with Crippen molar-refractivity contribution in [1.29, 1.82) is 0 Å². The number of hydrogen-bond donors (Lipinski definition) is 0. The molecule has 0 spiro atoms. The first-order chi connectivity index (χ1) is 17.3. The van der Waals surface area contributed by atoms with Crippen molar-refractivity contribution >= 4 is 11.7 Å². The van der Waals surface area contributed by atoms with Crippen LogP contribution < -0.4 is 9.64 Å². The van der Waals surface area contributed by atoms with Crippen LogP contribution >= 0.6 is 0 Å². The number of hydrogen-bond acceptors (Lipinski definition) is 3. The number of fused-ring (bicyclic) bond motifs is 1. The molecular weight excluding hydrogens is 442 g/mol. The van der Waals surface area contributed by atoms with Crippen LogP contribution in [0.3, 0.4) is 0 Å². The lowest BCUT2D eigenvalue weighted by molar-refractivity contribution is -0.130. The van der Waals surface area contributed by atoms with E-state index in [4.69, 9.17) is 4.74 Å². The molecule has 0 atom stereocenters. The summed E-state index contributed by atoms with van der Waals surface area (Å²) in [6, 6.07) is 5.95. The van der Waals surface area contributed by atoms with Crippen molar-refractivity contribution in [3.05, 3.63) is 48.2 Å². The topological polar surface area (TPSA) is 29.5 Å². The molecule has 3 heteroatoms. The molecule has 1 aliphatic heterocycles. The molecule has 36 heavy (non-hydrogen) atoms. The molecule has 0 N–H and O–H groups in total. The molecular formula is C33H53NO2. The summed E-state index contributed by atoms with van der Waals surface area (Å²) >= 11 is 0. The Balaban J connectivity index is 1.60. The van der Waals surface area contributed by atoms with Crippen LogP contribution in [-0.2, 0) is 10.2 Å². The fraction of sp³-hybridized carbons (Fsp3) is 0.667. The second-order valence-electron chi connectivity index (χ2n) is 11.4. The van der Waals surface area contributed by atoms with E-state index >= 15 is 0 Å². The molecule has 0 amide bonds. The van der Waals surface area contributed by atoms with Crippen LogP contribution in [0.2, 0.25) is 0 Å². The van der Waals surface area contributed by atoms with Gasteiger partial charge in [0.05, 0.1) is 0 Å². The lowest BCUT2D eigenvalue weighted by Crippen LogP contribution is -2.26. The first-order valence-electron chi connectivity index (χ1n) is 14.8. The number of benzene rings is 1. The van der Waals surface area contributed by atoms with E-state index in [2.05, 4.69) is 44.9 Å². The Morgan fingerprint density at radius 2 is 1.31 bits per heavy atom. The Labute approximate surface area is 222 Å². The number of carbonyl (C=O) groups is 1. The summed E-state index contributed by atoms with van der Waals surface area (Å²) in [5.74, 6) is 0.196. The average Bonchev–Trinajstić information content (AvgIpc) is 3.03. The lowest BCUT2D eigenvalue weighted by Gasteiger charge is -2.25. The number of rotatable bonds is 19. The van der Waals surface area contributed by atoms with E-state index in [0.29, 0.717) is 11.3 Å². The second-order valence-corrected chi connectivity index (χ2v) is 11.4. The molecule has 2 rings (SSSR count). The van der Waals surface area contributed by atoms with Crippen molar-refractivity contribution < 1.29 is 9.53 Å². The Hall–Kier alpha value is -2.03. The van der Waals surface area contributed by atoms with E-state index in [1.165, 1.54) is 114 Å². The van der Waals surface area contributed by atoms with Crippen LogP contribution in [0.25, 0.3) is 0 Å². The van der Waals surface area contributed by atoms with Crippen molar-refractivity contribution in [3.63, 3.8) is 0 Å². The number of anilines is 1. The molecule has 202 valence electrons. The summed E-state index contributed by atoms with van der Waals surface area (Å²) in [6.07, 6.45) is 22.2. The molecule has 0 unspecified atom stereocenters. The Kier molecular flexibility index (Phi) is 13.4. The highest BCUT2D eigenvalue weighted by Gasteiger charge is 2.39. The minimum Gasteiger partial charge on any atom is -0.423 e. The summed E-state index contributed by atoms with van der Waals surface area (Å²) < 4.78 is 5.47. The molecule has 0 fully saturated rings. The number of nitrogens with zero attached hydrogens (tertiary/aromatic N) is 1. The highest BCUT2D eigenvalue weighted by Crippen LogP contribution is 2.48. The van der Waals surface area contributed by atoms with Gasteiger partial charge in [0.1, 0.15) is 5.75 Å². The number of esters is 1. The van der Waals surface area contributed by atoms with Gasteiger partial charge < -0.3 is 9.64 Å². The van der Waals surface area contributed by atoms with E-state index in [-0.39, 0.29) is 11.4 Å². The van der Waals surface area contributed by atoms with Gasteiger partial charge >= 0.3 is 5.97 Å². The van der Waals surface area contributed by atoms with Crippen LogP contribution in [0.15, 0.2) is 42.6 Å². The third-order valence-corrected chi connectivity index (χ3v) is 7.77. The van der Waals surface area contributed by atoms with Crippen molar-refractivity contribution in [2.75, 3.05) is 11.4 Å². The smallest absolute Gasteiger partial charge is 0.338 e. The Morgan fingerprint density at radius 3 is 1.78 bits per heavy atom. The van der Waals surface area contributed by atoms with Gasteiger partial charge in [0.25, 0.3) is 0 Å². The minimum atomic E-state index is -0.380. The van der Waals surface area contributed by atoms with Crippen LogP contribution in [0, 0.1) is 0 Å². The zero-order chi connectivity index (χ0) is 26.4. The Morgan fingerprint density at radius 1 is 0.833 bits per heavy atom. The number of ether oxygens (including phenoxy) is 1. The van der Waals surface area contributed by atoms with Crippen molar-refractivity contribution in [1.82, 2.24) is 0 Å². The largest absolute Gasteiger partial charge is 0.423 e. The van der Waals surface area contributed by atoms with Crippen LogP contribution in [-0.4, -0.2) is 12.5 Å². The van der Waals surface area contributed by atoms with E-state index in [1.54, 1.807) is 6.92 Å². The summed E-state index contributed by atoms with van der Waals surface area (Å²) in [6.45, 7) is 17.4. The molecule has 1 aliphatic rings. The molecule has 1 aromatic rings. The normalized spacial score (nSPS) is 14.2. The van der Waals surface area contributed by atoms with Gasteiger partial charge in [-0.15, -0.1) is 0 Å². The standard InChI is InChI=1S/C33H53NO2/c1-7-8-9-10-11-12-13-14-15-16-17-18-19-20-21-22-25-34-28(4)33(5,6)30-26-29(23-24-31(30)34)36-32(35)27(2)3/h23-24,26H,2,4,7-22,25H2,1,3,5-6H3. The van der Waals surface area contributed by atoms with E-state index in [0.717, 1.165) is 12.2 Å². The maximum absolute atomic E-state index is 11.9. The van der Waals surface area contributed by atoms with Gasteiger partial charge in [-0.3, -0.25) is 0 Å². The molecule has 0 aromatic heterocycles. The third kappa shape index (κ3) is 9.45. The molecule has 1 heterocycles. The molecule has 0 aliphatic carbocycles. The average molecular weight is 496 g/mol. The first kappa shape index (κ1) is 30.2. The fourth-order valence-corrected chi connectivity index (χ4v) is 5.22. The molecule has 1 aromatic carbocycles. The van der Waals surface area contributed by atoms with Gasteiger partial charge in [0, 0.05) is 28.9 Å². The first-order valence-corrected chi connectivity index (χ1v) is 14.8. The second kappa shape index (κ2) is 15.9. The lowest BCUT2D eigenvalue weighted by atomic mass is 9.84. The Bertz CT molecular complexity index is 838. The predicted molar refractivity (Wildman–Crippen MR) is 156 cm³/mol. The SMILES string of the molecule is C=C(C)C(=O)Oc1ccc2c(c1)C(C)(C)C(=C)N2CCCCCCCCCCCCCCCCCC. The maximum Gasteiger partial charge on any atom is 0.338 e. The monoisotopic (exact) mass is 495 g/mol. The third-order valence-electron chi connectivity index (χ3n) is 7.77.